The Hall–Kier alpha value is -5.14. The summed E-state index contributed by atoms with van der Waals surface area (Å²) < 4.78 is 53.7. The molecule has 1 amide bonds. The van der Waals surface area contributed by atoms with Crippen LogP contribution in [-0.4, -0.2) is 75.2 Å². The third-order valence-electron chi connectivity index (χ3n) is 7.89. The maximum atomic E-state index is 14.7. The van der Waals surface area contributed by atoms with Gasteiger partial charge in [-0.25, -0.2) is 23.5 Å². The van der Waals surface area contributed by atoms with E-state index in [2.05, 4.69) is 25.3 Å². The van der Waals surface area contributed by atoms with Crippen LogP contribution in [0.1, 0.15) is 45.7 Å². The number of nitrogens with zero attached hydrogens (tertiary/aromatic N) is 6. The van der Waals surface area contributed by atoms with Crippen molar-refractivity contribution in [1.82, 2.24) is 24.6 Å². The number of carbonyl (C=O) groups is 1. The molecule has 12 nitrogen and oxygen atoms in total. The smallest absolute Gasteiger partial charge is 0.410 e. The first-order valence-corrected chi connectivity index (χ1v) is 16.1. The number of halogens is 2. The van der Waals surface area contributed by atoms with Gasteiger partial charge in [0, 0.05) is 37.2 Å². The van der Waals surface area contributed by atoms with Crippen molar-refractivity contribution < 1.29 is 32.5 Å². The number of amides is 1. The van der Waals surface area contributed by atoms with Crippen molar-refractivity contribution in [2.45, 2.75) is 72.4 Å². The molecule has 0 spiro atoms. The molecule has 2 aromatic heterocycles. The molecule has 1 saturated heterocycles. The molecule has 1 aliphatic rings. The molecule has 1 aliphatic heterocycles. The second kappa shape index (κ2) is 15.0. The van der Waals surface area contributed by atoms with E-state index in [1.165, 1.54) is 32.5 Å². The number of nitrogens with one attached hydrogen (secondary N) is 1. The molecule has 0 unspecified atom stereocenters. The molecular weight excluding hydrogens is 636 g/mol. The van der Waals surface area contributed by atoms with Crippen molar-refractivity contribution in [3.05, 3.63) is 77.9 Å². The first kappa shape index (κ1) is 35.2. The standard InChI is InChI=1S/C35H43F2N7O5/c1-22-15-30(46-7)32(37)27(31(22)36)21-48-26-17-38-33(39-18-26)41-25-9-10-28(29(16-25)47-14-13-43-12-8-11-40-43)42-19-23(2)44(24(3)20-42)34(45)49-35(4,5)6/h8-12,15-18,23-24H,13-14,19-21H2,1-7H3,(H,38,39,41)/t23-,24+. The van der Waals surface area contributed by atoms with E-state index in [0.29, 0.717) is 37.7 Å². The van der Waals surface area contributed by atoms with E-state index in [-0.39, 0.29) is 53.4 Å². The minimum Gasteiger partial charge on any atom is -0.494 e. The first-order chi connectivity index (χ1) is 23.3. The van der Waals surface area contributed by atoms with E-state index in [1.54, 1.807) is 15.8 Å². The van der Waals surface area contributed by atoms with Gasteiger partial charge in [-0.1, -0.05) is 0 Å². The van der Waals surface area contributed by atoms with Gasteiger partial charge in [0.15, 0.2) is 17.3 Å². The van der Waals surface area contributed by atoms with Crippen LogP contribution < -0.4 is 24.4 Å². The van der Waals surface area contributed by atoms with Crippen LogP contribution in [0.25, 0.3) is 0 Å². The molecule has 5 rings (SSSR count). The number of aromatic nitrogens is 4. The highest BCUT2D eigenvalue weighted by Gasteiger charge is 2.36. The molecule has 14 heteroatoms. The van der Waals surface area contributed by atoms with Gasteiger partial charge in [-0.2, -0.15) is 5.10 Å². The van der Waals surface area contributed by atoms with E-state index >= 15 is 0 Å². The van der Waals surface area contributed by atoms with Crippen LogP contribution in [0.15, 0.2) is 55.1 Å². The average Bonchev–Trinajstić information content (AvgIpc) is 3.56. The lowest BCUT2D eigenvalue weighted by Crippen LogP contribution is -2.59. The summed E-state index contributed by atoms with van der Waals surface area (Å²) in [4.78, 5) is 25.6. The van der Waals surface area contributed by atoms with Gasteiger partial charge in [-0.15, -0.1) is 0 Å². The number of carbonyl (C=O) groups excluding carboxylic acids is 1. The van der Waals surface area contributed by atoms with Crippen LogP contribution in [0.5, 0.6) is 17.2 Å². The van der Waals surface area contributed by atoms with Crippen LogP contribution in [0.2, 0.25) is 0 Å². The molecule has 0 radical (unpaired) electrons. The molecule has 2 atom stereocenters. The van der Waals surface area contributed by atoms with E-state index in [1.807, 2.05) is 65.1 Å². The summed E-state index contributed by atoms with van der Waals surface area (Å²) >= 11 is 0. The Labute approximate surface area is 284 Å². The Kier molecular flexibility index (Phi) is 10.7. The van der Waals surface area contributed by atoms with Crippen LogP contribution >= 0.6 is 0 Å². The summed E-state index contributed by atoms with van der Waals surface area (Å²) in [6, 6.07) is 8.68. The van der Waals surface area contributed by atoms with Gasteiger partial charge in [-0.3, -0.25) is 9.58 Å². The number of methoxy groups -OCH3 is 1. The maximum absolute atomic E-state index is 14.7. The molecule has 2 aromatic carbocycles. The summed E-state index contributed by atoms with van der Waals surface area (Å²) in [6.45, 7) is 12.9. The largest absolute Gasteiger partial charge is 0.494 e. The van der Waals surface area contributed by atoms with E-state index in [9.17, 15) is 13.6 Å². The fraction of sp³-hybridized carbons (Fsp3) is 0.429. The normalized spacial score (nSPS) is 16.3. The summed E-state index contributed by atoms with van der Waals surface area (Å²) in [7, 11) is 1.32. The van der Waals surface area contributed by atoms with Gasteiger partial charge < -0.3 is 29.2 Å². The molecule has 1 fully saturated rings. The fourth-order valence-corrected chi connectivity index (χ4v) is 5.67. The predicted molar refractivity (Wildman–Crippen MR) is 181 cm³/mol. The number of benzene rings is 2. The Morgan fingerprint density at radius 2 is 1.73 bits per heavy atom. The fourth-order valence-electron chi connectivity index (χ4n) is 5.67. The van der Waals surface area contributed by atoms with E-state index in [4.69, 9.17) is 18.9 Å². The molecule has 49 heavy (non-hydrogen) atoms. The molecule has 0 bridgehead atoms. The number of ether oxygens (including phenoxy) is 4. The SMILES string of the molecule is COc1cc(C)c(F)c(COc2cnc(Nc3ccc(N4C[C@@H](C)N(C(=O)OC(C)(C)C)[C@@H](C)C4)c(OCCn4cccn4)c3)nc2)c1F. The molecule has 0 aliphatic carbocycles. The Morgan fingerprint density at radius 3 is 2.37 bits per heavy atom. The van der Waals surface area contributed by atoms with Gasteiger partial charge >= 0.3 is 6.09 Å². The van der Waals surface area contributed by atoms with Gasteiger partial charge in [0.25, 0.3) is 0 Å². The third kappa shape index (κ3) is 8.67. The molecule has 0 saturated carbocycles. The van der Waals surface area contributed by atoms with Crippen molar-refractivity contribution in [3.63, 3.8) is 0 Å². The number of hydrogen-bond acceptors (Lipinski definition) is 10. The maximum Gasteiger partial charge on any atom is 0.410 e. The number of piperazine rings is 1. The van der Waals surface area contributed by atoms with Crippen LogP contribution in [-0.2, 0) is 17.9 Å². The Morgan fingerprint density at radius 1 is 1.02 bits per heavy atom. The highest BCUT2D eigenvalue weighted by atomic mass is 19.1. The summed E-state index contributed by atoms with van der Waals surface area (Å²) in [5.74, 6) is -0.417. The van der Waals surface area contributed by atoms with Crippen LogP contribution in [0, 0.1) is 18.6 Å². The minimum absolute atomic E-state index is 0.0591. The lowest BCUT2D eigenvalue weighted by Gasteiger charge is -2.45. The van der Waals surface area contributed by atoms with Crippen molar-refractivity contribution in [1.29, 1.82) is 0 Å². The quantitative estimate of drug-likeness (QED) is 0.188. The number of anilines is 3. The third-order valence-corrected chi connectivity index (χ3v) is 7.89. The second-order valence-corrected chi connectivity index (χ2v) is 12.9. The Balaban J connectivity index is 1.30. The van der Waals surface area contributed by atoms with Gasteiger partial charge in [-0.05, 0) is 71.4 Å². The highest BCUT2D eigenvalue weighted by molar-refractivity contribution is 5.71. The molecule has 262 valence electrons. The predicted octanol–water partition coefficient (Wildman–Crippen LogP) is 6.50. The highest BCUT2D eigenvalue weighted by Crippen LogP contribution is 2.35. The minimum atomic E-state index is -0.815. The van der Waals surface area contributed by atoms with Gasteiger partial charge in [0.05, 0.1) is 49.4 Å². The van der Waals surface area contributed by atoms with Crippen molar-refractivity contribution in [3.8, 4) is 17.2 Å². The van der Waals surface area contributed by atoms with Crippen LogP contribution in [0.3, 0.4) is 0 Å². The average molecular weight is 680 g/mol. The number of rotatable bonds is 11. The lowest BCUT2D eigenvalue weighted by molar-refractivity contribution is 0.00563. The molecular formula is C35H43F2N7O5. The first-order valence-electron chi connectivity index (χ1n) is 16.1. The zero-order valence-corrected chi connectivity index (χ0v) is 28.9. The van der Waals surface area contributed by atoms with Crippen molar-refractivity contribution in [2.75, 3.05) is 37.0 Å². The molecule has 1 N–H and O–H groups in total. The van der Waals surface area contributed by atoms with Crippen molar-refractivity contribution in [2.24, 2.45) is 0 Å². The number of hydrogen-bond donors (Lipinski definition) is 1. The van der Waals surface area contributed by atoms with E-state index < -0.39 is 17.2 Å². The summed E-state index contributed by atoms with van der Waals surface area (Å²) in [5.41, 5.74) is 0.976. The zero-order chi connectivity index (χ0) is 35.3. The second-order valence-electron chi connectivity index (χ2n) is 12.9. The topological polar surface area (TPSA) is 116 Å². The van der Waals surface area contributed by atoms with Crippen LogP contribution in [0.4, 0.5) is 30.9 Å². The lowest BCUT2D eigenvalue weighted by atomic mass is 10.1. The number of aryl methyl sites for hydroxylation is 1. The van der Waals surface area contributed by atoms with Crippen molar-refractivity contribution >= 4 is 23.4 Å². The molecule has 4 aromatic rings. The summed E-state index contributed by atoms with van der Waals surface area (Å²) in [6.07, 6.45) is 6.10. The zero-order valence-electron chi connectivity index (χ0n) is 28.9. The van der Waals surface area contributed by atoms with Gasteiger partial charge in [0.1, 0.15) is 30.4 Å². The van der Waals surface area contributed by atoms with E-state index in [0.717, 1.165) is 5.69 Å². The monoisotopic (exact) mass is 679 g/mol. The Bertz CT molecular complexity index is 1720. The van der Waals surface area contributed by atoms with Gasteiger partial charge in [0.2, 0.25) is 5.95 Å². The summed E-state index contributed by atoms with van der Waals surface area (Å²) in [5, 5.41) is 7.44. The molecule has 3 heterocycles.